The third kappa shape index (κ3) is 4.50. The second kappa shape index (κ2) is 6.96. The fraction of sp³-hybridized carbons (Fsp3) is 0.778. The molecule has 112 valence electrons. The topological polar surface area (TPSA) is 3.24 Å². The molecule has 0 saturated carbocycles. The summed E-state index contributed by atoms with van der Waals surface area (Å²) in [5, 5.41) is 0. The van der Waals surface area contributed by atoms with Gasteiger partial charge in [-0.3, -0.25) is 4.90 Å². The van der Waals surface area contributed by atoms with Gasteiger partial charge in [0.15, 0.2) is 0 Å². The van der Waals surface area contributed by atoms with E-state index in [-0.39, 0.29) is 0 Å². The normalized spacial score (nSPS) is 31.7. The highest BCUT2D eigenvalue weighted by Crippen LogP contribution is 2.35. The van der Waals surface area contributed by atoms with E-state index in [0.29, 0.717) is 0 Å². The maximum Gasteiger partial charge on any atom is 0.129 e. The average Bonchev–Trinajstić information content (AvgIpc) is 2.40. The van der Waals surface area contributed by atoms with E-state index < -0.39 is 8.07 Å². The number of fused-ring (bicyclic) bond motifs is 1. The molecule has 0 aliphatic carbocycles. The third-order valence-corrected chi connectivity index (χ3v) is 5.62. The van der Waals surface area contributed by atoms with Crippen LogP contribution in [0.15, 0.2) is 12.2 Å². The summed E-state index contributed by atoms with van der Waals surface area (Å²) >= 11 is 0. The summed E-state index contributed by atoms with van der Waals surface area (Å²) in [6, 6.07) is 1.64. The van der Waals surface area contributed by atoms with Crippen LogP contribution in [0.3, 0.4) is 0 Å². The van der Waals surface area contributed by atoms with Gasteiger partial charge in [-0.25, -0.2) is 0 Å². The zero-order chi connectivity index (χ0) is 14.6. The molecule has 2 fully saturated rings. The van der Waals surface area contributed by atoms with Crippen LogP contribution in [0.2, 0.25) is 19.6 Å². The molecule has 2 heteroatoms. The molecule has 0 N–H and O–H groups in total. The van der Waals surface area contributed by atoms with E-state index in [0.717, 1.165) is 18.0 Å². The highest BCUT2D eigenvalue weighted by molar-refractivity contribution is 6.83. The number of piperidine rings is 2. The van der Waals surface area contributed by atoms with Crippen LogP contribution in [0, 0.1) is 17.4 Å². The van der Waals surface area contributed by atoms with Crippen LogP contribution < -0.4 is 0 Å². The van der Waals surface area contributed by atoms with Crippen LogP contribution in [-0.4, -0.2) is 31.6 Å². The highest BCUT2D eigenvalue weighted by atomic mass is 28.3. The molecule has 0 bridgehead atoms. The third-order valence-electron chi connectivity index (χ3n) is 4.73. The quantitative estimate of drug-likeness (QED) is 0.535. The van der Waals surface area contributed by atoms with Crippen LogP contribution in [0.5, 0.6) is 0 Å². The Kier molecular flexibility index (Phi) is 5.52. The second-order valence-electron chi connectivity index (χ2n) is 7.67. The standard InChI is InChI=1S/C18H31NSi/c1-16-12-13-17(19-14-8-7-11-18(16)19)10-6-5-9-15-20(2,3)4/h5-6,16-18H,7-8,10-14H2,1-4H3/b6-5-/t16-,17-,18+/m1/s1. The first-order chi connectivity index (χ1) is 9.47. The molecule has 0 aromatic heterocycles. The van der Waals surface area contributed by atoms with Gasteiger partial charge in [-0.1, -0.05) is 45.0 Å². The second-order valence-corrected chi connectivity index (χ2v) is 12.4. The van der Waals surface area contributed by atoms with Crippen LogP contribution in [0.4, 0.5) is 0 Å². The van der Waals surface area contributed by atoms with Crippen molar-refractivity contribution in [1.29, 1.82) is 0 Å². The first kappa shape index (κ1) is 15.9. The SMILES string of the molecule is C[C@@H]1CC[C@@H](C/C=C\C#C[Si](C)(C)C)N2CCCC[C@@H]12. The summed E-state index contributed by atoms with van der Waals surface area (Å²) in [7, 11) is -1.21. The molecule has 20 heavy (non-hydrogen) atoms. The van der Waals surface area contributed by atoms with Gasteiger partial charge >= 0.3 is 0 Å². The lowest BCUT2D eigenvalue weighted by Crippen LogP contribution is -2.52. The zero-order valence-electron chi connectivity index (χ0n) is 13.8. The molecule has 2 heterocycles. The van der Waals surface area contributed by atoms with Crippen molar-refractivity contribution < 1.29 is 0 Å². The van der Waals surface area contributed by atoms with Crippen molar-refractivity contribution in [2.75, 3.05) is 6.54 Å². The van der Waals surface area contributed by atoms with Crippen molar-refractivity contribution in [2.45, 2.75) is 77.2 Å². The van der Waals surface area contributed by atoms with Gasteiger partial charge in [0.2, 0.25) is 0 Å². The van der Waals surface area contributed by atoms with E-state index in [4.69, 9.17) is 0 Å². The van der Waals surface area contributed by atoms with Gasteiger partial charge in [-0.05, 0) is 50.6 Å². The van der Waals surface area contributed by atoms with Gasteiger partial charge in [-0.2, -0.15) is 0 Å². The largest absolute Gasteiger partial charge is 0.297 e. The number of hydrogen-bond donors (Lipinski definition) is 0. The van der Waals surface area contributed by atoms with Crippen molar-refractivity contribution in [3.05, 3.63) is 12.2 Å². The lowest BCUT2D eigenvalue weighted by molar-refractivity contribution is 0.0192. The molecule has 0 unspecified atom stereocenters. The van der Waals surface area contributed by atoms with Crippen molar-refractivity contribution in [1.82, 2.24) is 4.90 Å². The molecule has 0 aromatic rings. The highest BCUT2D eigenvalue weighted by Gasteiger charge is 2.35. The average molecular weight is 290 g/mol. The summed E-state index contributed by atoms with van der Waals surface area (Å²) in [5.74, 6) is 4.16. The van der Waals surface area contributed by atoms with Crippen molar-refractivity contribution in [3.8, 4) is 11.5 Å². The van der Waals surface area contributed by atoms with E-state index in [1.807, 2.05) is 0 Å². The smallest absolute Gasteiger partial charge is 0.129 e. The van der Waals surface area contributed by atoms with Crippen molar-refractivity contribution in [3.63, 3.8) is 0 Å². The Morgan fingerprint density at radius 2 is 1.95 bits per heavy atom. The Morgan fingerprint density at radius 1 is 1.15 bits per heavy atom. The zero-order valence-corrected chi connectivity index (χ0v) is 14.8. The molecule has 2 aliphatic rings. The molecule has 2 saturated heterocycles. The van der Waals surface area contributed by atoms with Crippen LogP contribution in [0.1, 0.15) is 45.4 Å². The Labute approximate surface area is 126 Å². The van der Waals surface area contributed by atoms with Crippen LogP contribution >= 0.6 is 0 Å². The molecular weight excluding hydrogens is 258 g/mol. The van der Waals surface area contributed by atoms with E-state index in [2.05, 4.69) is 55.1 Å². The minimum absolute atomic E-state index is 0.779. The maximum absolute atomic E-state index is 3.41. The summed E-state index contributed by atoms with van der Waals surface area (Å²) in [4.78, 5) is 2.81. The van der Waals surface area contributed by atoms with Gasteiger partial charge in [0.1, 0.15) is 8.07 Å². The summed E-state index contributed by atoms with van der Waals surface area (Å²) in [6.07, 6.45) is 12.7. The van der Waals surface area contributed by atoms with E-state index >= 15 is 0 Å². The summed E-state index contributed by atoms with van der Waals surface area (Å²) in [6.45, 7) is 10.7. The van der Waals surface area contributed by atoms with Crippen LogP contribution in [0.25, 0.3) is 0 Å². The maximum atomic E-state index is 3.41. The fourth-order valence-corrected chi connectivity index (χ4v) is 4.17. The monoisotopic (exact) mass is 289 g/mol. The van der Waals surface area contributed by atoms with E-state index in [1.54, 1.807) is 0 Å². The number of hydrogen-bond acceptors (Lipinski definition) is 1. The molecule has 0 spiro atoms. The molecule has 2 rings (SSSR count). The van der Waals surface area contributed by atoms with Crippen molar-refractivity contribution in [2.24, 2.45) is 5.92 Å². The Hall–Kier alpha value is -0.523. The van der Waals surface area contributed by atoms with Gasteiger partial charge in [-0.15, -0.1) is 5.54 Å². The van der Waals surface area contributed by atoms with Gasteiger partial charge in [0, 0.05) is 12.1 Å². The fourth-order valence-electron chi connectivity index (χ4n) is 3.65. The number of nitrogens with zero attached hydrogens (tertiary/aromatic N) is 1. The van der Waals surface area contributed by atoms with Crippen molar-refractivity contribution >= 4 is 8.07 Å². The van der Waals surface area contributed by atoms with Gasteiger partial charge in [0.05, 0.1) is 0 Å². The lowest BCUT2D eigenvalue weighted by Gasteiger charge is -2.48. The van der Waals surface area contributed by atoms with E-state index in [1.165, 1.54) is 45.1 Å². The molecule has 0 amide bonds. The number of rotatable bonds is 2. The first-order valence-corrected chi connectivity index (χ1v) is 11.9. The van der Waals surface area contributed by atoms with E-state index in [9.17, 15) is 0 Å². The Morgan fingerprint density at radius 3 is 2.70 bits per heavy atom. The summed E-state index contributed by atoms with van der Waals surface area (Å²) < 4.78 is 0. The van der Waals surface area contributed by atoms with Gasteiger partial charge in [0.25, 0.3) is 0 Å². The summed E-state index contributed by atoms with van der Waals surface area (Å²) in [5.41, 5.74) is 3.41. The first-order valence-electron chi connectivity index (χ1n) is 8.41. The molecule has 1 nitrogen and oxygen atoms in total. The minimum Gasteiger partial charge on any atom is -0.297 e. The molecular formula is C18H31NSi. The number of allylic oxidation sites excluding steroid dienone is 1. The van der Waals surface area contributed by atoms with Crippen LogP contribution in [-0.2, 0) is 0 Å². The lowest BCUT2D eigenvalue weighted by atomic mass is 9.81. The predicted octanol–water partition coefficient (Wildman–Crippen LogP) is 4.47. The molecule has 3 atom stereocenters. The Bertz CT molecular complexity index is 396. The van der Waals surface area contributed by atoms with Gasteiger partial charge < -0.3 is 0 Å². The minimum atomic E-state index is -1.21. The molecule has 0 radical (unpaired) electrons. The molecule has 2 aliphatic heterocycles. The predicted molar refractivity (Wildman–Crippen MR) is 91.4 cm³/mol. The molecule has 0 aromatic carbocycles. The Balaban J connectivity index is 1.88.